The molecule has 2 rings (SSSR count). The van der Waals surface area contributed by atoms with E-state index in [-0.39, 0.29) is 18.4 Å². The Labute approximate surface area is 94.2 Å². The van der Waals surface area contributed by atoms with Crippen molar-refractivity contribution < 1.29 is 0 Å². The van der Waals surface area contributed by atoms with E-state index in [0.29, 0.717) is 0 Å². The molecule has 0 fully saturated rings. The summed E-state index contributed by atoms with van der Waals surface area (Å²) < 4.78 is 0. The van der Waals surface area contributed by atoms with Gasteiger partial charge in [0.2, 0.25) is 0 Å². The summed E-state index contributed by atoms with van der Waals surface area (Å²) in [5, 5.41) is 5.13. The normalized spacial score (nSPS) is 18.8. The molecule has 1 aromatic heterocycles. The molecule has 1 aliphatic rings. The highest BCUT2D eigenvalue weighted by molar-refractivity contribution is 7.10. The van der Waals surface area contributed by atoms with Gasteiger partial charge in [-0.05, 0) is 29.5 Å². The van der Waals surface area contributed by atoms with Crippen LogP contribution in [-0.4, -0.2) is 6.34 Å². The lowest BCUT2D eigenvalue weighted by Crippen LogP contribution is -2.08. The highest BCUT2D eigenvalue weighted by Crippen LogP contribution is 2.25. The highest BCUT2D eigenvalue weighted by atomic mass is 35.5. The number of aryl methyl sites for hydroxylation is 1. The third-order valence-corrected chi connectivity index (χ3v) is 3.15. The number of nitrogens with one attached hydrogen (secondary N) is 1. The fraction of sp³-hybridized carbons (Fsp3) is 0.300. The van der Waals surface area contributed by atoms with Crippen LogP contribution in [-0.2, 0) is 6.42 Å². The zero-order valence-electron chi connectivity index (χ0n) is 7.93. The van der Waals surface area contributed by atoms with Crippen molar-refractivity contribution in [3.05, 3.63) is 34.2 Å². The van der Waals surface area contributed by atoms with Gasteiger partial charge in [-0.15, -0.1) is 23.7 Å². The van der Waals surface area contributed by atoms with Crippen LogP contribution in [0.25, 0.3) is 0 Å². The smallest absolute Gasteiger partial charge is 0.0972 e. The van der Waals surface area contributed by atoms with Crippen LogP contribution in [0.1, 0.15) is 23.4 Å². The summed E-state index contributed by atoms with van der Waals surface area (Å²) in [7, 11) is 0. The monoisotopic (exact) mass is 228 g/mol. The molecular formula is C10H13ClN2S. The van der Waals surface area contributed by atoms with Gasteiger partial charge < -0.3 is 5.32 Å². The maximum atomic E-state index is 4.33. The van der Waals surface area contributed by atoms with Crippen molar-refractivity contribution in [2.24, 2.45) is 4.99 Å². The summed E-state index contributed by atoms with van der Waals surface area (Å²) in [5.74, 6) is 0. The van der Waals surface area contributed by atoms with Crippen molar-refractivity contribution in [1.29, 1.82) is 0 Å². The van der Waals surface area contributed by atoms with E-state index in [1.165, 1.54) is 10.4 Å². The third-order valence-electron chi connectivity index (χ3n) is 2.05. The molecule has 76 valence electrons. The van der Waals surface area contributed by atoms with E-state index >= 15 is 0 Å². The summed E-state index contributed by atoms with van der Waals surface area (Å²) in [4.78, 5) is 5.76. The van der Waals surface area contributed by atoms with Gasteiger partial charge in [-0.3, -0.25) is 4.99 Å². The minimum Gasteiger partial charge on any atom is -0.353 e. The van der Waals surface area contributed by atoms with Gasteiger partial charge in [0.05, 0.1) is 12.4 Å². The first-order chi connectivity index (χ1) is 6.40. The van der Waals surface area contributed by atoms with Gasteiger partial charge in [0.25, 0.3) is 0 Å². The van der Waals surface area contributed by atoms with Crippen molar-refractivity contribution >= 4 is 30.1 Å². The maximum Gasteiger partial charge on any atom is 0.0972 e. The fourth-order valence-electron chi connectivity index (χ4n) is 1.30. The van der Waals surface area contributed by atoms with Crippen LogP contribution in [0.2, 0.25) is 0 Å². The Balaban J connectivity index is 0.000000980. The largest absolute Gasteiger partial charge is 0.353 e. The van der Waals surface area contributed by atoms with Gasteiger partial charge in [-0.1, -0.05) is 6.92 Å². The molecule has 14 heavy (non-hydrogen) atoms. The van der Waals surface area contributed by atoms with Crippen LogP contribution in [0.15, 0.2) is 28.7 Å². The third kappa shape index (κ3) is 2.36. The number of hydrogen-bond acceptors (Lipinski definition) is 3. The molecule has 2 nitrogen and oxygen atoms in total. The van der Waals surface area contributed by atoms with Crippen LogP contribution < -0.4 is 5.32 Å². The van der Waals surface area contributed by atoms with Gasteiger partial charge in [0, 0.05) is 11.1 Å². The molecule has 0 radical (unpaired) electrons. The lowest BCUT2D eigenvalue weighted by Gasteiger charge is -2.08. The van der Waals surface area contributed by atoms with E-state index < -0.39 is 0 Å². The van der Waals surface area contributed by atoms with Gasteiger partial charge in [0.15, 0.2) is 0 Å². The van der Waals surface area contributed by atoms with Gasteiger partial charge in [-0.2, -0.15) is 0 Å². The predicted molar refractivity (Wildman–Crippen MR) is 64.5 cm³/mol. The van der Waals surface area contributed by atoms with Gasteiger partial charge in [-0.25, -0.2) is 0 Å². The molecule has 1 atom stereocenters. The predicted octanol–water partition coefficient (Wildman–Crippen LogP) is 2.92. The van der Waals surface area contributed by atoms with Gasteiger partial charge >= 0.3 is 0 Å². The Kier molecular flexibility index (Phi) is 4.17. The molecule has 0 aromatic carbocycles. The maximum absolute atomic E-state index is 4.33. The summed E-state index contributed by atoms with van der Waals surface area (Å²) in [6.07, 6.45) is 6.86. The van der Waals surface area contributed by atoms with Crippen molar-refractivity contribution in [3.63, 3.8) is 0 Å². The van der Waals surface area contributed by atoms with Crippen molar-refractivity contribution in [1.82, 2.24) is 5.32 Å². The SMILES string of the molecule is CCc1cc(C2C=CNC=N2)cs1.Cl. The minimum atomic E-state index is 0. The first-order valence-electron chi connectivity index (χ1n) is 4.42. The topological polar surface area (TPSA) is 24.4 Å². The average Bonchev–Trinajstić information content (AvgIpc) is 2.67. The Hall–Kier alpha value is -0.800. The molecule has 4 heteroatoms. The number of thiophene rings is 1. The number of rotatable bonds is 2. The molecule has 0 aliphatic carbocycles. The summed E-state index contributed by atoms with van der Waals surface area (Å²) in [6.45, 7) is 2.18. The van der Waals surface area contributed by atoms with Crippen LogP contribution in [0.5, 0.6) is 0 Å². The number of halogens is 1. The zero-order chi connectivity index (χ0) is 9.10. The van der Waals surface area contributed by atoms with E-state index in [1.807, 2.05) is 17.5 Å². The Morgan fingerprint density at radius 3 is 3.00 bits per heavy atom. The number of aliphatic imine (C=N–C) groups is 1. The minimum absolute atomic E-state index is 0. The second-order valence-electron chi connectivity index (χ2n) is 2.95. The standard InChI is InChI=1S/C10H12N2S.ClH/c1-2-9-5-8(6-13-9)10-3-4-11-7-12-10;/h3-7,10H,2H2,1H3,(H,11,12);1H. The molecule has 0 bridgehead atoms. The Morgan fingerprint density at radius 1 is 1.57 bits per heavy atom. The van der Waals surface area contributed by atoms with E-state index in [9.17, 15) is 0 Å². The summed E-state index contributed by atoms with van der Waals surface area (Å²) >= 11 is 1.82. The van der Waals surface area contributed by atoms with Crippen molar-refractivity contribution in [2.45, 2.75) is 19.4 Å². The molecule has 0 saturated carbocycles. The van der Waals surface area contributed by atoms with E-state index in [2.05, 4.69) is 34.8 Å². The lowest BCUT2D eigenvalue weighted by molar-refractivity contribution is 0.887. The number of nitrogens with zero attached hydrogens (tertiary/aromatic N) is 1. The lowest BCUT2D eigenvalue weighted by atomic mass is 10.1. The highest BCUT2D eigenvalue weighted by Gasteiger charge is 2.09. The van der Waals surface area contributed by atoms with Crippen molar-refractivity contribution in [2.75, 3.05) is 0 Å². The number of hydrogen-bond donors (Lipinski definition) is 1. The quantitative estimate of drug-likeness (QED) is 0.827. The first-order valence-corrected chi connectivity index (χ1v) is 5.30. The molecule has 1 N–H and O–H groups in total. The molecule has 1 aliphatic heterocycles. The van der Waals surface area contributed by atoms with Crippen molar-refractivity contribution in [3.8, 4) is 0 Å². The molecule has 1 aromatic rings. The molecule has 1 unspecified atom stereocenters. The Morgan fingerprint density at radius 2 is 2.43 bits per heavy atom. The summed E-state index contributed by atoms with van der Waals surface area (Å²) in [6, 6.07) is 2.46. The van der Waals surface area contributed by atoms with Crippen LogP contribution in [0.4, 0.5) is 0 Å². The zero-order valence-corrected chi connectivity index (χ0v) is 9.57. The second-order valence-corrected chi connectivity index (χ2v) is 3.94. The summed E-state index contributed by atoms with van der Waals surface area (Å²) in [5.41, 5.74) is 1.30. The van der Waals surface area contributed by atoms with Crippen LogP contribution >= 0.6 is 23.7 Å². The van der Waals surface area contributed by atoms with E-state index in [4.69, 9.17) is 0 Å². The van der Waals surface area contributed by atoms with Gasteiger partial charge in [0.1, 0.15) is 0 Å². The molecule has 0 spiro atoms. The molecule has 0 amide bonds. The average molecular weight is 229 g/mol. The van der Waals surface area contributed by atoms with Crippen LogP contribution in [0, 0.1) is 0 Å². The Bertz CT molecular complexity index is 332. The molecule has 0 saturated heterocycles. The molecule has 2 heterocycles. The fourth-order valence-corrected chi connectivity index (χ4v) is 2.16. The van der Waals surface area contributed by atoms with Crippen LogP contribution in [0.3, 0.4) is 0 Å². The first kappa shape index (κ1) is 11.3. The van der Waals surface area contributed by atoms with E-state index in [1.54, 1.807) is 6.34 Å². The van der Waals surface area contributed by atoms with E-state index in [0.717, 1.165) is 6.42 Å². The second kappa shape index (κ2) is 5.17. The molecular weight excluding hydrogens is 216 g/mol.